The van der Waals surface area contributed by atoms with E-state index in [2.05, 4.69) is 119 Å². The van der Waals surface area contributed by atoms with Crippen LogP contribution in [0.2, 0.25) is 0 Å². The molecule has 0 bridgehead atoms. The van der Waals surface area contributed by atoms with E-state index in [0.717, 1.165) is 16.7 Å². The highest BCUT2D eigenvalue weighted by molar-refractivity contribution is 9.09. The van der Waals surface area contributed by atoms with Crippen LogP contribution in [0.15, 0.2) is 115 Å². The Morgan fingerprint density at radius 2 is 1.03 bits per heavy atom. The fourth-order valence-corrected chi connectivity index (χ4v) is 6.23. The minimum atomic E-state index is -0.569. The fourth-order valence-electron chi connectivity index (χ4n) is 5.01. The molecule has 0 aliphatic carbocycles. The van der Waals surface area contributed by atoms with E-state index in [1.165, 1.54) is 32.3 Å². The summed E-state index contributed by atoms with van der Waals surface area (Å²) in [6, 6.07) is 40.7. The lowest BCUT2D eigenvalue weighted by atomic mass is 9.82. The molecule has 0 aliphatic rings. The van der Waals surface area contributed by atoms with Crippen molar-refractivity contribution in [2.24, 2.45) is 0 Å². The third kappa shape index (κ3) is 2.88. The molecule has 0 N–H and O–H groups in total. The molecule has 6 aromatic rings. The SMILES string of the molecule is ClC(c1ccc2ccc3cccc4ccc1c2c34)C(Br)(c1ccccc1)c1ccccc1. The van der Waals surface area contributed by atoms with Gasteiger partial charge in [-0.25, -0.2) is 0 Å². The van der Waals surface area contributed by atoms with Gasteiger partial charge in [0.05, 0.1) is 9.70 Å². The molecule has 0 aromatic heterocycles. The van der Waals surface area contributed by atoms with E-state index >= 15 is 0 Å². The van der Waals surface area contributed by atoms with Gasteiger partial charge in [-0.05, 0) is 49.0 Å². The Labute approximate surface area is 200 Å². The van der Waals surface area contributed by atoms with E-state index < -0.39 is 4.32 Å². The van der Waals surface area contributed by atoms with Crippen LogP contribution in [0, 0.1) is 0 Å². The van der Waals surface area contributed by atoms with Gasteiger partial charge < -0.3 is 0 Å². The Morgan fingerprint density at radius 1 is 0.531 bits per heavy atom. The maximum absolute atomic E-state index is 7.46. The molecule has 0 saturated heterocycles. The Kier molecular flexibility index (Phi) is 4.71. The first-order chi connectivity index (χ1) is 15.7. The van der Waals surface area contributed by atoms with Crippen LogP contribution in [0.3, 0.4) is 0 Å². The van der Waals surface area contributed by atoms with E-state index in [4.69, 9.17) is 11.6 Å². The highest BCUT2D eigenvalue weighted by Crippen LogP contribution is 2.53. The van der Waals surface area contributed by atoms with E-state index in [0.29, 0.717) is 0 Å². The average molecular weight is 496 g/mol. The Morgan fingerprint density at radius 3 is 1.62 bits per heavy atom. The van der Waals surface area contributed by atoms with Crippen molar-refractivity contribution in [1.29, 1.82) is 0 Å². The molecule has 0 amide bonds. The van der Waals surface area contributed by atoms with E-state index in [1.807, 2.05) is 12.1 Å². The lowest BCUT2D eigenvalue weighted by molar-refractivity contribution is 0.729. The Hall–Kier alpha value is -2.87. The molecule has 0 aliphatic heterocycles. The molecule has 0 nitrogen and oxygen atoms in total. The number of benzene rings is 6. The summed E-state index contributed by atoms with van der Waals surface area (Å²) in [5.74, 6) is 0. The highest BCUT2D eigenvalue weighted by Gasteiger charge is 2.40. The molecule has 154 valence electrons. The summed E-state index contributed by atoms with van der Waals surface area (Å²) in [6.07, 6.45) is 0. The monoisotopic (exact) mass is 494 g/mol. The quantitative estimate of drug-likeness (QED) is 0.169. The molecule has 6 aromatic carbocycles. The second-order valence-corrected chi connectivity index (χ2v) is 10.0. The van der Waals surface area contributed by atoms with Crippen LogP contribution in [0.1, 0.15) is 22.1 Å². The summed E-state index contributed by atoms with van der Waals surface area (Å²) in [5.41, 5.74) is 3.40. The van der Waals surface area contributed by atoms with Gasteiger partial charge in [0, 0.05) is 0 Å². The van der Waals surface area contributed by atoms with Crippen molar-refractivity contribution in [3.63, 3.8) is 0 Å². The van der Waals surface area contributed by atoms with Crippen LogP contribution in [-0.4, -0.2) is 0 Å². The first kappa shape index (κ1) is 19.8. The van der Waals surface area contributed by atoms with Crippen LogP contribution in [0.25, 0.3) is 32.3 Å². The van der Waals surface area contributed by atoms with Crippen molar-refractivity contribution < 1.29 is 0 Å². The largest absolute Gasteiger partial charge is 0.116 e. The molecule has 0 heterocycles. The molecule has 6 rings (SSSR count). The molecule has 0 fully saturated rings. The van der Waals surface area contributed by atoms with Crippen LogP contribution in [-0.2, 0) is 4.32 Å². The summed E-state index contributed by atoms with van der Waals surface area (Å²) in [4.78, 5) is 0. The minimum absolute atomic E-state index is 0.322. The predicted molar refractivity (Wildman–Crippen MR) is 141 cm³/mol. The van der Waals surface area contributed by atoms with Crippen LogP contribution < -0.4 is 0 Å². The summed E-state index contributed by atoms with van der Waals surface area (Å²) >= 11 is 11.6. The number of rotatable bonds is 4. The average Bonchev–Trinajstić information content (AvgIpc) is 2.87. The highest BCUT2D eigenvalue weighted by atomic mass is 79.9. The molecule has 2 heteroatoms. The van der Waals surface area contributed by atoms with Gasteiger partial charge in [0.15, 0.2) is 0 Å². The van der Waals surface area contributed by atoms with Crippen molar-refractivity contribution in [2.45, 2.75) is 9.70 Å². The zero-order valence-electron chi connectivity index (χ0n) is 17.3. The standard InChI is InChI=1S/C30H20BrCl/c31-30(23-10-3-1-4-11-23,24-12-5-2-6-13-24)29(32)26-19-17-22-15-14-20-8-7-9-21-16-18-25(26)28(22)27(20)21/h1-19,29H. The van der Waals surface area contributed by atoms with Gasteiger partial charge in [-0.2, -0.15) is 0 Å². The summed E-state index contributed by atoms with van der Waals surface area (Å²) in [6.45, 7) is 0. The summed E-state index contributed by atoms with van der Waals surface area (Å²) in [5, 5.41) is 7.27. The Balaban J connectivity index is 1.65. The number of hydrogen-bond donors (Lipinski definition) is 0. The second kappa shape index (κ2) is 7.62. The van der Waals surface area contributed by atoms with Gasteiger partial charge in [0.1, 0.15) is 0 Å². The van der Waals surface area contributed by atoms with Crippen molar-refractivity contribution in [3.05, 3.63) is 132 Å². The summed E-state index contributed by atoms with van der Waals surface area (Å²) < 4.78 is -0.569. The molecule has 1 atom stereocenters. The number of halogens is 2. The second-order valence-electron chi connectivity index (χ2n) is 8.32. The minimum Gasteiger partial charge on any atom is -0.116 e. The van der Waals surface area contributed by atoms with E-state index in [1.54, 1.807) is 0 Å². The predicted octanol–water partition coefficient (Wildman–Crippen LogP) is 9.20. The molecule has 0 radical (unpaired) electrons. The van der Waals surface area contributed by atoms with Gasteiger partial charge >= 0.3 is 0 Å². The lowest BCUT2D eigenvalue weighted by Gasteiger charge is -2.34. The van der Waals surface area contributed by atoms with Crippen molar-refractivity contribution in [3.8, 4) is 0 Å². The molecule has 1 unspecified atom stereocenters. The first-order valence-electron chi connectivity index (χ1n) is 10.8. The third-order valence-electron chi connectivity index (χ3n) is 6.57. The number of hydrogen-bond acceptors (Lipinski definition) is 0. The van der Waals surface area contributed by atoms with Gasteiger partial charge in [-0.3, -0.25) is 0 Å². The summed E-state index contributed by atoms with van der Waals surface area (Å²) in [7, 11) is 0. The normalized spacial score (nSPS) is 13.2. The maximum atomic E-state index is 7.46. The van der Waals surface area contributed by atoms with Crippen LogP contribution >= 0.6 is 27.5 Å². The third-order valence-corrected chi connectivity index (χ3v) is 8.77. The van der Waals surface area contributed by atoms with Gasteiger partial charge in [-0.1, -0.05) is 131 Å². The molecular weight excluding hydrogens is 476 g/mol. The molecule has 0 spiro atoms. The van der Waals surface area contributed by atoms with Crippen LogP contribution in [0.4, 0.5) is 0 Å². The topological polar surface area (TPSA) is 0 Å². The van der Waals surface area contributed by atoms with Gasteiger partial charge in [-0.15, -0.1) is 11.6 Å². The van der Waals surface area contributed by atoms with Crippen molar-refractivity contribution in [1.82, 2.24) is 0 Å². The molecule has 32 heavy (non-hydrogen) atoms. The maximum Gasteiger partial charge on any atom is 0.0959 e. The molecular formula is C30H20BrCl. The van der Waals surface area contributed by atoms with Crippen LogP contribution in [0.5, 0.6) is 0 Å². The first-order valence-corrected chi connectivity index (χ1v) is 12.0. The zero-order chi connectivity index (χ0) is 21.7. The van der Waals surface area contributed by atoms with Gasteiger partial charge in [0.2, 0.25) is 0 Å². The fraction of sp³-hybridized carbons (Fsp3) is 0.0667. The number of alkyl halides is 2. The Bertz CT molecular complexity index is 1480. The van der Waals surface area contributed by atoms with E-state index in [-0.39, 0.29) is 5.38 Å². The zero-order valence-corrected chi connectivity index (χ0v) is 19.6. The van der Waals surface area contributed by atoms with Crippen molar-refractivity contribution >= 4 is 59.8 Å². The van der Waals surface area contributed by atoms with E-state index in [9.17, 15) is 0 Å². The smallest absolute Gasteiger partial charge is 0.0959 e. The molecule has 0 saturated carbocycles. The lowest BCUT2D eigenvalue weighted by Crippen LogP contribution is -2.26. The van der Waals surface area contributed by atoms with Gasteiger partial charge in [0.25, 0.3) is 0 Å². The van der Waals surface area contributed by atoms with Crippen molar-refractivity contribution in [2.75, 3.05) is 0 Å².